The molecule has 4 atom stereocenters. The minimum absolute atomic E-state index is 0.0170. The van der Waals surface area contributed by atoms with Gasteiger partial charge in [0.15, 0.2) is 5.78 Å². The maximum absolute atomic E-state index is 15.0. The standard InChI is InChI=1S/C57H79N7O7S/c1-11-63(55(68)71-56(5,6)7)40-22-24-62(25-23-40)51(38-17-13-14-18-38)53(66)61-45-29-49-60-46(33-72-49)39-20-21-47-41(28-39)43(52(64(47)12-2)42-26-35(3)31-59-50(42)36(4)69-10)30-57(8,9)34-70-54(67)44-19-15-16-37(32-58-44)27-48(45)65/h20-21,26,28,31-33,36,38,40,44-45,51,58H,11-19,22-25,27,29-30,34H2,1-10H3,(H,61,66)/t36-,44-,45-,51-/m0/s1. The van der Waals surface area contributed by atoms with E-state index in [0.29, 0.717) is 51.9 Å². The van der Waals surface area contributed by atoms with E-state index in [1.807, 2.05) is 51.9 Å². The van der Waals surface area contributed by atoms with Crippen molar-refractivity contribution < 1.29 is 33.4 Å². The van der Waals surface area contributed by atoms with Crippen LogP contribution >= 0.6 is 11.3 Å². The van der Waals surface area contributed by atoms with Crippen molar-refractivity contribution in [3.8, 4) is 22.5 Å². The SMILES string of the molecule is CCN(C(=O)OC(C)(C)C)C1CCN([C@H](C(=O)N[C@H]2Cc3nc(cs3)-c3ccc4c(c3)c(c(-c3cc(C)cnc3[C@H](C)OC)n4CC)CC(C)(C)COC(=O)[C@@H]3CCCC(=CN3)CC2=O)C2CCCC2)CC1. The van der Waals surface area contributed by atoms with E-state index in [9.17, 15) is 19.2 Å². The minimum Gasteiger partial charge on any atom is -0.464 e. The summed E-state index contributed by atoms with van der Waals surface area (Å²) in [7, 11) is 1.71. The molecule has 15 heteroatoms. The monoisotopic (exact) mass is 1010 g/mol. The van der Waals surface area contributed by atoms with Gasteiger partial charge in [-0.2, -0.15) is 0 Å². The number of ether oxygens (including phenoxy) is 3. The number of hydrogen-bond donors (Lipinski definition) is 2. The lowest BCUT2D eigenvalue weighted by Gasteiger charge is -2.42. The highest BCUT2D eigenvalue weighted by atomic mass is 32.1. The topological polar surface area (TPSA) is 157 Å². The number of nitrogens with one attached hydrogen (secondary N) is 2. The van der Waals surface area contributed by atoms with Gasteiger partial charge in [-0.3, -0.25) is 19.5 Å². The lowest BCUT2D eigenvalue weighted by molar-refractivity contribution is -0.149. The molecular formula is C57H79N7O7S. The van der Waals surface area contributed by atoms with Gasteiger partial charge in [0.2, 0.25) is 5.91 Å². The summed E-state index contributed by atoms with van der Waals surface area (Å²) < 4.78 is 20.2. The summed E-state index contributed by atoms with van der Waals surface area (Å²) in [6.07, 6.45) is 11.6. The Balaban J connectivity index is 1.15. The number of rotatable bonds is 10. The maximum Gasteiger partial charge on any atom is 0.410 e. The number of methoxy groups -OCH3 is 1. The highest BCUT2D eigenvalue weighted by Gasteiger charge is 2.41. The largest absolute Gasteiger partial charge is 0.464 e. The molecule has 4 aliphatic rings. The van der Waals surface area contributed by atoms with Crippen LogP contribution in [0.2, 0.25) is 0 Å². The molecule has 3 aromatic heterocycles. The number of aryl methyl sites for hydroxylation is 2. The van der Waals surface area contributed by atoms with Gasteiger partial charge in [0.05, 0.1) is 46.9 Å². The van der Waals surface area contributed by atoms with E-state index in [-0.39, 0.29) is 61.3 Å². The summed E-state index contributed by atoms with van der Waals surface area (Å²) in [5, 5.41) is 10.6. The molecule has 1 saturated carbocycles. The number of cyclic esters (lactones) is 1. The average molecular weight is 1010 g/mol. The number of piperidine rings is 1. The third-order valence-corrected chi connectivity index (χ3v) is 16.2. The van der Waals surface area contributed by atoms with Crippen molar-refractivity contribution in [1.82, 2.24) is 35.0 Å². The Bertz CT molecular complexity index is 2630. The molecule has 2 N–H and O–H groups in total. The van der Waals surface area contributed by atoms with Gasteiger partial charge < -0.3 is 34.3 Å². The molecule has 3 aliphatic heterocycles. The first-order chi connectivity index (χ1) is 34.4. The number of amides is 2. The molecule has 1 saturated heterocycles. The molecule has 390 valence electrons. The number of Topliss-reactive ketones (excluding diaryl/α,β-unsaturated/α-hetero) is 1. The van der Waals surface area contributed by atoms with E-state index in [1.165, 1.54) is 11.3 Å². The predicted molar refractivity (Wildman–Crippen MR) is 284 cm³/mol. The van der Waals surface area contributed by atoms with Crippen LogP contribution in [0.1, 0.15) is 148 Å². The number of carbonyl (C=O) groups is 4. The van der Waals surface area contributed by atoms with Crippen molar-refractivity contribution in [3.63, 3.8) is 0 Å². The molecule has 0 radical (unpaired) electrons. The molecule has 0 unspecified atom stereocenters. The van der Waals surface area contributed by atoms with Crippen molar-refractivity contribution in [1.29, 1.82) is 0 Å². The zero-order valence-electron chi connectivity index (χ0n) is 44.5. The second-order valence-corrected chi connectivity index (χ2v) is 23.5. The van der Waals surface area contributed by atoms with Crippen LogP contribution in [0.3, 0.4) is 0 Å². The molecule has 1 aromatic carbocycles. The van der Waals surface area contributed by atoms with Gasteiger partial charge in [0, 0.05) is 91.2 Å². The zero-order chi connectivity index (χ0) is 51.5. The number of ketones is 1. The Morgan fingerprint density at radius 1 is 1.06 bits per heavy atom. The van der Waals surface area contributed by atoms with E-state index < -0.39 is 29.1 Å². The lowest BCUT2D eigenvalue weighted by Crippen LogP contribution is -2.58. The van der Waals surface area contributed by atoms with Crippen LogP contribution in [0.25, 0.3) is 33.4 Å². The first-order valence-corrected chi connectivity index (χ1v) is 27.5. The van der Waals surface area contributed by atoms with Gasteiger partial charge in [-0.25, -0.2) is 14.6 Å². The number of aromatic nitrogens is 3. The summed E-state index contributed by atoms with van der Waals surface area (Å²) in [6.45, 7) is 21.0. The van der Waals surface area contributed by atoms with Gasteiger partial charge in [0.1, 0.15) is 11.6 Å². The fourth-order valence-corrected chi connectivity index (χ4v) is 12.4. The molecule has 6 bridgehead atoms. The summed E-state index contributed by atoms with van der Waals surface area (Å²) in [6, 6.07) is 6.99. The van der Waals surface area contributed by atoms with Crippen LogP contribution < -0.4 is 10.6 Å². The maximum atomic E-state index is 15.0. The predicted octanol–water partition coefficient (Wildman–Crippen LogP) is 10.3. The van der Waals surface area contributed by atoms with Gasteiger partial charge in [-0.05, 0) is 147 Å². The molecule has 6 heterocycles. The van der Waals surface area contributed by atoms with Crippen molar-refractivity contribution >= 4 is 46.0 Å². The van der Waals surface area contributed by atoms with Gasteiger partial charge >= 0.3 is 12.1 Å². The lowest BCUT2D eigenvalue weighted by atomic mass is 9.84. The second-order valence-electron chi connectivity index (χ2n) is 22.5. The molecule has 2 fully saturated rings. The number of thiazole rings is 1. The molecule has 72 heavy (non-hydrogen) atoms. The number of carbonyl (C=O) groups excluding carboxylic acids is 4. The van der Waals surface area contributed by atoms with Crippen molar-refractivity contribution in [2.45, 2.75) is 182 Å². The Labute approximate surface area is 431 Å². The van der Waals surface area contributed by atoms with Gasteiger partial charge in [-0.1, -0.05) is 32.8 Å². The van der Waals surface area contributed by atoms with Crippen molar-refractivity contribution in [2.75, 3.05) is 33.4 Å². The number of fused-ring (bicyclic) bond motifs is 6. The Morgan fingerprint density at radius 3 is 2.50 bits per heavy atom. The average Bonchev–Trinajstić information content (AvgIpc) is 4.07. The second kappa shape index (κ2) is 22.6. The molecule has 8 rings (SSSR count). The van der Waals surface area contributed by atoms with Gasteiger partial charge in [0.25, 0.3) is 0 Å². The third-order valence-electron chi connectivity index (χ3n) is 15.3. The van der Waals surface area contributed by atoms with E-state index in [4.69, 9.17) is 24.2 Å². The molecular weight excluding hydrogens is 927 g/mol. The van der Waals surface area contributed by atoms with Crippen LogP contribution in [0.15, 0.2) is 47.6 Å². The van der Waals surface area contributed by atoms with Crippen LogP contribution in [-0.4, -0.2) is 111 Å². The number of hydrogen-bond acceptors (Lipinski definition) is 12. The summed E-state index contributed by atoms with van der Waals surface area (Å²) >= 11 is 1.51. The number of likely N-dealkylation sites (tertiary alicyclic amines) is 1. The zero-order valence-corrected chi connectivity index (χ0v) is 45.3. The molecule has 14 nitrogen and oxygen atoms in total. The van der Waals surface area contributed by atoms with Crippen LogP contribution in [-0.2, 0) is 48.0 Å². The van der Waals surface area contributed by atoms with Crippen molar-refractivity contribution in [3.05, 3.63) is 69.4 Å². The molecule has 1 aliphatic carbocycles. The van der Waals surface area contributed by atoms with E-state index in [0.717, 1.165) is 99.3 Å². The number of nitrogens with zero attached hydrogens (tertiary/aromatic N) is 5. The van der Waals surface area contributed by atoms with Crippen LogP contribution in [0.5, 0.6) is 0 Å². The fourth-order valence-electron chi connectivity index (χ4n) is 11.6. The summed E-state index contributed by atoms with van der Waals surface area (Å²) in [5.41, 5.74) is 7.82. The normalized spacial score (nSPS) is 21.7. The first kappa shape index (κ1) is 53.2. The smallest absolute Gasteiger partial charge is 0.410 e. The molecule has 2 amide bonds. The third kappa shape index (κ3) is 12.1. The van der Waals surface area contributed by atoms with Crippen LogP contribution in [0.4, 0.5) is 4.79 Å². The van der Waals surface area contributed by atoms with E-state index in [2.05, 4.69) is 77.4 Å². The van der Waals surface area contributed by atoms with E-state index >= 15 is 0 Å². The first-order valence-electron chi connectivity index (χ1n) is 26.6. The highest BCUT2D eigenvalue weighted by molar-refractivity contribution is 7.10. The quantitative estimate of drug-likeness (QED) is 0.146. The number of esters is 1. The Kier molecular flexibility index (Phi) is 16.7. The summed E-state index contributed by atoms with van der Waals surface area (Å²) in [4.78, 5) is 71.2. The number of benzene rings is 1. The van der Waals surface area contributed by atoms with E-state index in [1.54, 1.807) is 7.11 Å². The summed E-state index contributed by atoms with van der Waals surface area (Å²) in [5.74, 6) is -0.349. The van der Waals surface area contributed by atoms with Gasteiger partial charge in [-0.15, -0.1) is 11.3 Å². The Morgan fingerprint density at radius 2 is 1.81 bits per heavy atom. The fraction of sp³-hybridized carbons (Fsp3) is 0.614. The Hall–Kier alpha value is -5.12. The highest BCUT2D eigenvalue weighted by Crippen LogP contribution is 2.43. The minimum atomic E-state index is -0.819. The molecule has 4 aromatic rings. The molecule has 0 spiro atoms. The van der Waals surface area contributed by atoms with Crippen LogP contribution in [0, 0.1) is 18.3 Å². The van der Waals surface area contributed by atoms with Crippen molar-refractivity contribution in [2.24, 2.45) is 11.3 Å². The number of allylic oxidation sites excluding steroid dienone is 1. The number of pyridine rings is 1.